The van der Waals surface area contributed by atoms with Gasteiger partial charge in [-0.15, -0.1) is 0 Å². The minimum absolute atomic E-state index is 0.167. The van der Waals surface area contributed by atoms with Crippen molar-refractivity contribution in [2.24, 2.45) is 0 Å². The van der Waals surface area contributed by atoms with Gasteiger partial charge in [0.1, 0.15) is 11.6 Å². The molecule has 0 unspecified atom stereocenters. The van der Waals surface area contributed by atoms with E-state index in [2.05, 4.69) is 49.4 Å². The van der Waals surface area contributed by atoms with E-state index in [1.807, 2.05) is 6.07 Å². The number of nitrogen functional groups attached to an aromatic ring is 1. The van der Waals surface area contributed by atoms with Gasteiger partial charge in [-0.2, -0.15) is 15.0 Å². The third-order valence-electron chi connectivity index (χ3n) is 4.69. The molecule has 4 rings (SSSR count). The predicted molar refractivity (Wildman–Crippen MR) is 103 cm³/mol. The van der Waals surface area contributed by atoms with Gasteiger partial charge in [-0.05, 0) is 49.2 Å². The lowest BCUT2D eigenvalue weighted by atomic mass is 10.0. The van der Waals surface area contributed by atoms with Crippen LogP contribution in [0.25, 0.3) is 0 Å². The minimum Gasteiger partial charge on any atom is -0.368 e. The van der Waals surface area contributed by atoms with Gasteiger partial charge < -0.3 is 11.1 Å². The average Bonchev–Trinajstić information content (AvgIpc) is 3.12. The Balaban J connectivity index is 1.52. The van der Waals surface area contributed by atoms with Crippen LogP contribution in [0.4, 0.5) is 22.0 Å². The van der Waals surface area contributed by atoms with E-state index in [1.165, 1.54) is 17.7 Å². The van der Waals surface area contributed by atoms with Crippen LogP contribution in [0.5, 0.6) is 0 Å². The van der Waals surface area contributed by atoms with Crippen LogP contribution in [0.3, 0.4) is 0 Å². The lowest BCUT2D eigenvalue weighted by Gasteiger charge is -2.24. The number of halogens is 1. The summed E-state index contributed by atoms with van der Waals surface area (Å²) in [5.74, 6) is 0.854. The van der Waals surface area contributed by atoms with Gasteiger partial charge in [-0.1, -0.05) is 30.3 Å². The van der Waals surface area contributed by atoms with Crippen molar-refractivity contribution in [3.63, 3.8) is 0 Å². The average molecular weight is 364 g/mol. The van der Waals surface area contributed by atoms with Crippen LogP contribution in [-0.4, -0.2) is 26.4 Å². The fraction of sp³-hybridized carbons (Fsp3) is 0.250. The summed E-state index contributed by atoms with van der Waals surface area (Å²) in [7, 11) is 0. The second-order valence-corrected chi connectivity index (χ2v) is 6.60. The molecule has 7 heteroatoms. The van der Waals surface area contributed by atoms with Gasteiger partial charge in [0.25, 0.3) is 0 Å². The van der Waals surface area contributed by atoms with E-state index in [0.29, 0.717) is 30.0 Å². The van der Waals surface area contributed by atoms with Crippen molar-refractivity contribution in [1.29, 1.82) is 0 Å². The molecule has 0 bridgehead atoms. The summed E-state index contributed by atoms with van der Waals surface area (Å²) < 4.78 is 13.1. The van der Waals surface area contributed by atoms with Crippen molar-refractivity contribution in [3.8, 4) is 0 Å². The molecule has 3 N–H and O–H groups in total. The number of nitrogens with zero attached hydrogens (tertiary/aromatic N) is 4. The molecule has 1 fully saturated rings. The van der Waals surface area contributed by atoms with Crippen LogP contribution in [0, 0.1) is 5.82 Å². The van der Waals surface area contributed by atoms with Crippen LogP contribution < -0.4 is 11.1 Å². The van der Waals surface area contributed by atoms with Gasteiger partial charge in [0.2, 0.25) is 11.9 Å². The van der Waals surface area contributed by atoms with Crippen molar-refractivity contribution < 1.29 is 4.39 Å². The highest BCUT2D eigenvalue weighted by Gasteiger charge is 2.26. The number of hydrogen-bond acceptors (Lipinski definition) is 6. The molecule has 1 aliphatic rings. The standard InChI is InChI=1S/C20H21FN6/c21-15-8-10-16(11-9-15)23-20-25-18(24-19(22)26-20)13-27-12-4-7-17(27)14-5-2-1-3-6-14/h1-3,5-6,8-11,17H,4,7,12-13H2,(H3,22,23,24,25,26)/t17-/m0/s1. The zero-order chi connectivity index (χ0) is 18.6. The van der Waals surface area contributed by atoms with Gasteiger partial charge in [-0.3, -0.25) is 4.90 Å². The molecule has 0 radical (unpaired) electrons. The van der Waals surface area contributed by atoms with Crippen LogP contribution >= 0.6 is 0 Å². The molecule has 0 aliphatic carbocycles. The van der Waals surface area contributed by atoms with E-state index in [-0.39, 0.29) is 11.8 Å². The number of anilines is 3. The fourth-order valence-electron chi connectivity index (χ4n) is 3.48. The molecule has 1 aliphatic heterocycles. The van der Waals surface area contributed by atoms with E-state index >= 15 is 0 Å². The summed E-state index contributed by atoms with van der Waals surface area (Å²) >= 11 is 0. The molecule has 2 aromatic carbocycles. The zero-order valence-corrected chi connectivity index (χ0v) is 14.8. The Hall–Kier alpha value is -3.06. The van der Waals surface area contributed by atoms with E-state index in [4.69, 9.17) is 5.73 Å². The second kappa shape index (κ2) is 7.67. The Bertz CT molecular complexity index is 900. The van der Waals surface area contributed by atoms with Crippen LogP contribution in [0.15, 0.2) is 54.6 Å². The Labute approximate surface area is 157 Å². The summed E-state index contributed by atoms with van der Waals surface area (Å²) in [5, 5.41) is 3.05. The molecule has 3 aromatic rings. The highest BCUT2D eigenvalue weighted by Crippen LogP contribution is 2.32. The number of likely N-dealkylation sites (tertiary alicyclic amines) is 1. The molecular weight excluding hydrogens is 343 g/mol. The third kappa shape index (κ3) is 4.20. The molecule has 1 aromatic heterocycles. The monoisotopic (exact) mass is 364 g/mol. The lowest BCUT2D eigenvalue weighted by molar-refractivity contribution is 0.242. The molecule has 138 valence electrons. The molecule has 1 saturated heterocycles. The Kier molecular flexibility index (Phi) is 4.93. The number of nitrogens with two attached hydrogens (primary N) is 1. The fourth-order valence-corrected chi connectivity index (χ4v) is 3.48. The smallest absolute Gasteiger partial charge is 0.232 e. The maximum Gasteiger partial charge on any atom is 0.232 e. The van der Waals surface area contributed by atoms with E-state index in [0.717, 1.165) is 19.4 Å². The molecule has 0 saturated carbocycles. The summed E-state index contributed by atoms with van der Waals surface area (Å²) in [6, 6.07) is 16.8. The highest BCUT2D eigenvalue weighted by molar-refractivity contribution is 5.53. The van der Waals surface area contributed by atoms with E-state index < -0.39 is 0 Å². The maximum absolute atomic E-state index is 13.1. The Morgan fingerprint density at radius 3 is 2.59 bits per heavy atom. The topological polar surface area (TPSA) is 80.0 Å². The number of rotatable bonds is 5. The number of benzene rings is 2. The largest absolute Gasteiger partial charge is 0.368 e. The SMILES string of the molecule is Nc1nc(CN2CCC[C@H]2c2ccccc2)nc(Nc2ccc(F)cc2)n1. The van der Waals surface area contributed by atoms with Crippen LogP contribution in [0.1, 0.15) is 30.3 Å². The van der Waals surface area contributed by atoms with Gasteiger partial charge >= 0.3 is 0 Å². The summed E-state index contributed by atoms with van der Waals surface area (Å²) in [6.45, 7) is 1.59. The van der Waals surface area contributed by atoms with Crippen LogP contribution in [0.2, 0.25) is 0 Å². The van der Waals surface area contributed by atoms with Gasteiger partial charge in [0.15, 0.2) is 0 Å². The molecule has 1 atom stereocenters. The van der Waals surface area contributed by atoms with Crippen molar-refractivity contribution >= 4 is 17.6 Å². The maximum atomic E-state index is 13.1. The summed E-state index contributed by atoms with van der Waals surface area (Å²) in [5.41, 5.74) is 7.87. The number of nitrogens with one attached hydrogen (secondary N) is 1. The predicted octanol–water partition coefficient (Wildman–Crippen LogP) is 3.67. The Morgan fingerprint density at radius 2 is 1.81 bits per heavy atom. The normalized spacial score (nSPS) is 17.1. The van der Waals surface area contributed by atoms with E-state index in [9.17, 15) is 4.39 Å². The lowest BCUT2D eigenvalue weighted by Crippen LogP contribution is -2.24. The molecule has 0 amide bonds. The molecule has 2 heterocycles. The first-order valence-electron chi connectivity index (χ1n) is 8.99. The highest BCUT2D eigenvalue weighted by atomic mass is 19.1. The molecular formula is C20H21FN6. The third-order valence-corrected chi connectivity index (χ3v) is 4.69. The Morgan fingerprint density at radius 1 is 1.04 bits per heavy atom. The first kappa shape index (κ1) is 17.4. The van der Waals surface area contributed by atoms with Crippen molar-refractivity contribution in [2.45, 2.75) is 25.4 Å². The van der Waals surface area contributed by atoms with Crippen molar-refractivity contribution in [2.75, 3.05) is 17.6 Å². The van der Waals surface area contributed by atoms with Crippen molar-refractivity contribution in [3.05, 3.63) is 71.8 Å². The van der Waals surface area contributed by atoms with E-state index in [1.54, 1.807) is 12.1 Å². The number of hydrogen-bond donors (Lipinski definition) is 2. The minimum atomic E-state index is -0.294. The number of aromatic nitrogens is 3. The first-order chi connectivity index (χ1) is 13.2. The van der Waals surface area contributed by atoms with Gasteiger partial charge in [0, 0.05) is 11.7 Å². The van der Waals surface area contributed by atoms with Gasteiger partial charge in [0.05, 0.1) is 6.54 Å². The molecule has 6 nitrogen and oxygen atoms in total. The zero-order valence-electron chi connectivity index (χ0n) is 14.8. The van der Waals surface area contributed by atoms with Crippen molar-refractivity contribution in [1.82, 2.24) is 19.9 Å². The quantitative estimate of drug-likeness (QED) is 0.719. The second-order valence-electron chi connectivity index (χ2n) is 6.60. The first-order valence-corrected chi connectivity index (χ1v) is 8.99. The molecule has 0 spiro atoms. The molecule has 27 heavy (non-hydrogen) atoms. The van der Waals surface area contributed by atoms with Crippen LogP contribution in [-0.2, 0) is 6.54 Å². The summed E-state index contributed by atoms with van der Waals surface area (Å²) in [6.07, 6.45) is 2.26. The summed E-state index contributed by atoms with van der Waals surface area (Å²) in [4.78, 5) is 15.3. The van der Waals surface area contributed by atoms with Gasteiger partial charge in [-0.25, -0.2) is 4.39 Å².